The lowest BCUT2D eigenvalue weighted by molar-refractivity contribution is 0.440. The van der Waals surface area contributed by atoms with Crippen LogP contribution in [0.15, 0.2) is 88.3 Å². The highest BCUT2D eigenvalue weighted by atomic mass is 32.2. The first-order valence-electron chi connectivity index (χ1n) is 9.93. The van der Waals surface area contributed by atoms with Gasteiger partial charge < -0.3 is 9.15 Å². The van der Waals surface area contributed by atoms with Gasteiger partial charge in [-0.3, -0.25) is 9.71 Å². The van der Waals surface area contributed by atoms with Gasteiger partial charge in [-0.25, -0.2) is 22.8 Å². The summed E-state index contributed by atoms with van der Waals surface area (Å²) >= 11 is 1.10. The van der Waals surface area contributed by atoms with Gasteiger partial charge in [-0.05, 0) is 42.5 Å². The minimum atomic E-state index is -4.03. The van der Waals surface area contributed by atoms with E-state index in [9.17, 15) is 17.2 Å². The van der Waals surface area contributed by atoms with Crippen LogP contribution in [0.4, 0.5) is 13.9 Å². The molecule has 35 heavy (non-hydrogen) atoms. The van der Waals surface area contributed by atoms with Crippen molar-refractivity contribution >= 4 is 26.5 Å². The molecule has 0 aliphatic carbocycles. The Labute approximate surface area is 202 Å². The molecule has 0 amide bonds. The number of halogens is 2. The zero-order valence-electron chi connectivity index (χ0n) is 17.6. The third-order valence-electron chi connectivity index (χ3n) is 4.81. The number of ether oxygens (including phenoxy) is 1. The number of thiazole rings is 1. The van der Waals surface area contributed by atoms with E-state index in [1.807, 2.05) is 0 Å². The highest BCUT2D eigenvalue weighted by Crippen LogP contribution is 2.37. The number of nitrogens with one attached hydrogen (secondary N) is 1. The maximum Gasteiger partial charge on any atom is 0.263 e. The van der Waals surface area contributed by atoms with Crippen LogP contribution >= 0.6 is 11.3 Å². The van der Waals surface area contributed by atoms with Crippen LogP contribution in [0.5, 0.6) is 11.5 Å². The number of sulfonamides is 1. The number of hydrogen-bond acceptors (Lipinski definition) is 8. The van der Waals surface area contributed by atoms with E-state index >= 15 is 0 Å². The predicted molar refractivity (Wildman–Crippen MR) is 125 cm³/mol. The van der Waals surface area contributed by atoms with E-state index in [2.05, 4.69) is 19.7 Å². The fraction of sp³-hybridized carbons (Fsp3) is 0. The molecule has 1 N–H and O–H groups in total. The van der Waals surface area contributed by atoms with E-state index in [-0.39, 0.29) is 21.5 Å². The van der Waals surface area contributed by atoms with E-state index in [0.717, 1.165) is 17.4 Å². The van der Waals surface area contributed by atoms with Gasteiger partial charge >= 0.3 is 0 Å². The van der Waals surface area contributed by atoms with E-state index in [1.165, 1.54) is 55.4 Å². The zero-order valence-corrected chi connectivity index (χ0v) is 19.2. The van der Waals surface area contributed by atoms with Crippen LogP contribution in [0.1, 0.15) is 0 Å². The van der Waals surface area contributed by atoms with Gasteiger partial charge in [0, 0.05) is 34.5 Å². The molecule has 0 saturated carbocycles. The summed E-state index contributed by atoms with van der Waals surface area (Å²) in [6, 6.07) is 9.39. The Morgan fingerprint density at radius 1 is 0.943 bits per heavy atom. The third-order valence-corrected chi connectivity index (χ3v) is 6.96. The van der Waals surface area contributed by atoms with Crippen LogP contribution in [0, 0.1) is 11.8 Å². The fourth-order valence-electron chi connectivity index (χ4n) is 3.15. The lowest BCUT2D eigenvalue weighted by atomic mass is 10.1. The molecule has 0 saturated heterocycles. The van der Waals surface area contributed by atoms with Gasteiger partial charge in [0.2, 0.25) is 5.95 Å². The maximum atomic E-state index is 14.9. The maximum absolute atomic E-state index is 14.9. The molecule has 0 fully saturated rings. The third kappa shape index (κ3) is 4.88. The van der Waals surface area contributed by atoms with Crippen molar-refractivity contribution < 1.29 is 26.4 Å². The Kier molecular flexibility index (Phi) is 5.97. The largest absolute Gasteiger partial charge is 0.472 e. The molecular formula is C23H14F2N4O4S2. The number of benzene rings is 1. The Balaban J connectivity index is 1.47. The molecule has 0 aliphatic rings. The molecule has 0 spiro atoms. The smallest absolute Gasteiger partial charge is 0.263 e. The number of pyridine rings is 2. The molecule has 5 aromatic rings. The van der Waals surface area contributed by atoms with Crippen molar-refractivity contribution in [1.29, 1.82) is 0 Å². The van der Waals surface area contributed by atoms with E-state index in [4.69, 9.17) is 9.15 Å². The molecule has 1 aromatic carbocycles. The second-order valence-corrected chi connectivity index (χ2v) is 9.66. The molecule has 5 rings (SSSR count). The number of furan rings is 1. The summed E-state index contributed by atoms with van der Waals surface area (Å²) in [6.07, 6.45) is 7.12. The highest BCUT2D eigenvalue weighted by molar-refractivity contribution is 7.93. The topological polar surface area (TPSA) is 107 Å². The van der Waals surface area contributed by atoms with Crippen LogP contribution in [-0.4, -0.2) is 23.4 Å². The number of anilines is 1. The van der Waals surface area contributed by atoms with Crippen LogP contribution in [-0.2, 0) is 10.0 Å². The summed E-state index contributed by atoms with van der Waals surface area (Å²) in [5.74, 6) is -1.52. The van der Waals surface area contributed by atoms with Crippen molar-refractivity contribution in [3.05, 3.63) is 90.7 Å². The molecule has 4 heterocycles. The van der Waals surface area contributed by atoms with Crippen LogP contribution in [0.2, 0.25) is 0 Å². The molecule has 0 aliphatic heterocycles. The second-order valence-electron chi connectivity index (χ2n) is 7.08. The first-order valence-corrected chi connectivity index (χ1v) is 12.3. The zero-order chi connectivity index (χ0) is 24.4. The summed E-state index contributed by atoms with van der Waals surface area (Å²) in [6.45, 7) is 0. The Hall–Kier alpha value is -4.16. The van der Waals surface area contributed by atoms with Crippen molar-refractivity contribution in [3.8, 4) is 33.9 Å². The Bertz CT molecular complexity index is 1570. The highest BCUT2D eigenvalue weighted by Gasteiger charge is 2.20. The minimum Gasteiger partial charge on any atom is -0.472 e. The molecular weight excluding hydrogens is 498 g/mol. The first kappa shape index (κ1) is 22.6. The fourth-order valence-corrected chi connectivity index (χ4v) is 4.95. The number of nitrogens with zero attached hydrogens (tertiary/aromatic N) is 3. The van der Waals surface area contributed by atoms with Crippen molar-refractivity contribution in [2.24, 2.45) is 0 Å². The molecule has 176 valence electrons. The summed E-state index contributed by atoms with van der Waals surface area (Å²) in [5.41, 5.74) is 2.20. The van der Waals surface area contributed by atoms with Gasteiger partial charge in [0.05, 0.1) is 29.3 Å². The standard InChI is InChI=1S/C23H14F2N4O4S2/c24-18-9-16(35(30,31)29-23-26-6-8-34-23)2-3-20(18)33-21-12-27-19(14-1-4-22(25)28-11-14)10-17(21)15-5-7-32-13-15/h1-13H,(H,26,29). The summed E-state index contributed by atoms with van der Waals surface area (Å²) < 4.78 is 66.4. The minimum absolute atomic E-state index is 0.165. The van der Waals surface area contributed by atoms with Crippen molar-refractivity contribution in [3.63, 3.8) is 0 Å². The Morgan fingerprint density at radius 3 is 2.51 bits per heavy atom. The summed E-state index contributed by atoms with van der Waals surface area (Å²) in [7, 11) is -4.03. The van der Waals surface area contributed by atoms with Crippen LogP contribution in [0.25, 0.3) is 22.4 Å². The monoisotopic (exact) mass is 512 g/mol. The van der Waals surface area contributed by atoms with Gasteiger partial charge in [0.25, 0.3) is 10.0 Å². The Morgan fingerprint density at radius 2 is 1.83 bits per heavy atom. The molecule has 8 nitrogen and oxygen atoms in total. The quantitative estimate of drug-likeness (QED) is 0.278. The van der Waals surface area contributed by atoms with Gasteiger partial charge in [-0.15, -0.1) is 11.3 Å². The average Bonchev–Trinajstić information content (AvgIpc) is 3.55. The van der Waals surface area contributed by atoms with Crippen molar-refractivity contribution in [1.82, 2.24) is 15.0 Å². The number of hydrogen-bond donors (Lipinski definition) is 1. The van der Waals surface area contributed by atoms with Gasteiger partial charge in [-0.1, -0.05) is 0 Å². The summed E-state index contributed by atoms with van der Waals surface area (Å²) in [5, 5.41) is 1.77. The van der Waals surface area contributed by atoms with Crippen LogP contribution < -0.4 is 9.46 Å². The molecule has 4 aromatic heterocycles. The lowest BCUT2D eigenvalue weighted by Crippen LogP contribution is -2.13. The average molecular weight is 513 g/mol. The van der Waals surface area contributed by atoms with Gasteiger partial charge in [0.1, 0.15) is 0 Å². The van der Waals surface area contributed by atoms with Crippen LogP contribution in [0.3, 0.4) is 0 Å². The molecule has 0 atom stereocenters. The van der Waals surface area contributed by atoms with E-state index < -0.39 is 21.8 Å². The van der Waals surface area contributed by atoms with Crippen molar-refractivity contribution in [2.75, 3.05) is 4.72 Å². The number of rotatable bonds is 7. The van der Waals surface area contributed by atoms with Gasteiger partial charge in [-0.2, -0.15) is 4.39 Å². The van der Waals surface area contributed by atoms with Gasteiger partial charge in [0.15, 0.2) is 22.4 Å². The molecule has 0 unspecified atom stereocenters. The van der Waals surface area contributed by atoms with E-state index in [1.54, 1.807) is 17.5 Å². The number of aromatic nitrogens is 3. The van der Waals surface area contributed by atoms with E-state index in [0.29, 0.717) is 22.4 Å². The predicted octanol–water partition coefficient (Wildman–Crippen LogP) is 5.73. The van der Waals surface area contributed by atoms with Crippen molar-refractivity contribution in [2.45, 2.75) is 4.90 Å². The summed E-state index contributed by atoms with van der Waals surface area (Å²) in [4.78, 5) is 11.5. The second kappa shape index (κ2) is 9.24. The SMILES string of the molecule is O=S(=O)(Nc1nccs1)c1ccc(Oc2cnc(-c3ccc(F)nc3)cc2-c2ccoc2)c(F)c1. The molecule has 0 bridgehead atoms. The normalized spacial score (nSPS) is 11.4. The molecule has 0 radical (unpaired) electrons. The first-order chi connectivity index (χ1) is 16.9. The lowest BCUT2D eigenvalue weighted by Gasteiger charge is -2.13. The molecule has 12 heteroatoms.